The van der Waals surface area contributed by atoms with Gasteiger partial charge < -0.3 is 14.3 Å². The number of aromatic nitrogens is 1. The first-order chi connectivity index (χ1) is 9.39. The zero-order valence-corrected chi connectivity index (χ0v) is 12.4. The maximum Gasteiger partial charge on any atom is 0.512 e. The molecule has 0 aliphatic carbocycles. The summed E-state index contributed by atoms with van der Waals surface area (Å²) >= 11 is 0. The number of nitrogens with one attached hydrogen (secondary N) is 1. The predicted molar refractivity (Wildman–Crippen MR) is 81.9 cm³/mol. The number of benzene rings is 1. The van der Waals surface area contributed by atoms with Crippen molar-refractivity contribution in [2.45, 2.75) is 38.9 Å². The van der Waals surface area contributed by atoms with Crippen molar-refractivity contribution in [3.05, 3.63) is 42.5 Å². The van der Waals surface area contributed by atoms with Crippen LogP contribution in [0.25, 0.3) is 11.3 Å². The van der Waals surface area contributed by atoms with E-state index in [1.165, 1.54) is 0 Å². The third-order valence-electron chi connectivity index (χ3n) is 4.30. The molecule has 1 fully saturated rings. The van der Waals surface area contributed by atoms with Crippen molar-refractivity contribution in [1.29, 1.82) is 0 Å². The molecule has 1 saturated heterocycles. The molecule has 0 bridgehead atoms. The topological polar surface area (TPSA) is 34.2 Å². The first-order valence-electron chi connectivity index (χ1n) is 6.99. The first-order valence-corrected chi connectivity index (χ1v) is 6.99. The van der Waals surface area contributed by atoms with Crippen molar-refractivity contribution in [2.24, 2.45) is 0 Å². The Hall–Kier alpha value is -1.52. The molecular weight excluding hydrogens is 249 g/mol. The van der Waals surface area contributed by atoms with Crippen molar-refractivity contribution in [3.63, 3.8) is 0 Å². The Bertz CT molecular complexity index is 588. The van der Waals surface area contributed by atoms with E-state index in [9.17, 15) is 0 Å². The van der Waals surface area contributed by atoms with E-state index < -0.39 is 0 Å². The van der Waals surface area contributed by atoms with Crippen LogP contribution in [0, 0.1) is 0 Å². The highest BCUT2D eigenvalue weighted by atomic mass is 16.7. The van der Waals surface area contributed by atoms with Crippen LogP contribution < -0.4 is 5.59 Å². The average molecular weight is 269 g/mol. The van der Waals surface area contributed by atoms with Crippen LogP contribution in [0.2, 0.25) is 0 Å². The van der Waals surface area contributed by atoms with E-state index in [-0.39, 0.29) is 18.3 Å². The van der Waals surface area contributed by atoms with Gasteiger partial charge in [-0.25, -0.2) is 0 Å². The molecule has 1 aliphatic rings. The standard InChI is InChI=1S/C16H20BNO2/c1-15(2)16(3,4)20-17(19-15)14-11-10-13(18-14)12-8-6-5-7-9-12/h5-11,18H,1-4H3. The molecule has 2 aromatic rings. The van der Waals surface area contributed by atoms with Crippen molar-refractivity contribution in [2.75, 3.05) is 0 Å². The van der Waals surface area contributed by atoms with Gasteiger partial charge in [0.2, 0.25) is 0 Å². The van der Waals surface area contributed by atoms with Gasteiger partial charge in [0.1, 0.15) is 0 Å². The Morgan fingerprint density at radius 2 is 1.45 bits per heavy atom. The molecule has 0 unspecified atom stereocenters. The molecule has 0 radical (unpaired) electrons. The van der Waals surface area contributed by atoms with Gasteiger partial charge in [-0.05, 0) is 45.4 Å². The summed E-state index contributed by atoms with van der Waals surface area (Å²) in [5.41, 5.74) is 2.58. The first kappa shape index (κ1) is 13.5. The predicted octanol–water partition coefficient (Wildman–Crippen LogP) is 2.98. The molecule has 0 atom stereocenters. The number of aromatic amines is 1. The summed E-state index contributed by atoms with van der Waals surface area (Å²) in [5, 5.41) is 0. The molecule has 0 saturated carbocycles. The van der Waals surface area contributed by atoms with Crippen molar-refractivity contribution < 1.29 is 9.31 Å². The molecule has 2 heterocycles. The molecular formula is C16H20BNO2. The lowest BCUT2D eigenvalue weighted by Crippen LogP contribution is -2.41. The van der Waals surface area contributed by atoms with E-state index in [1.54, 1.807) is 0 Å². The zero-order chi connectivity index (χ0) is 14.4. The number of hydrogen-bond donors (Lipinski definition) is 1. The fourth-order valence-electron chi connectivity index (χ4n) is 2.31. The molecule has 0 spiro atoms. The Morgan fingerprint density at radius 1 is 0.850 bits per heavy atom. The van der Waals surface area contributed by atoms with E-state index in [4.69, 9.17) is 9.31 Å². The van der Waals surface area contributed by atoms with Gasteiger partial charge in [-0.2, -0.15) is 0 Å². The highest BCUT2D eigenvalue weighted by Crippen LogP contribution is 2.36. The normalized spacial score (nSPS) is 20.3. The largest absolute Gasteiger partial charge is 0.512 e. The minimum absolute atomic E-state index is 0.310. The Labute approximate surface area is 120 Å². The zero-order valence-electron chi connectivity index (χ0n) is 12.4. The van der Waals surface area contributed by atoms with Crippen molar-refractivity contribution >= 4 is 12.7 Å². The third kappa shape index (κ3) is 2.19. The van der Waals surface area contributed by atoms with Crippen LogP contribution in [0.15, 0.2) is 42.5 Å². The fraction of sp³-hybridized carbons (Fsp3) is 0.375. The summed E-state index contributed by atoms with van der Waals surface area (Å²) in [6.07, 6.45) is 0. The van der Waals surface area contributed by atoms with Crippen LogP contribution >= 0.6 is 0 Å². The lowest BCUT2D eigenvalue weighted by Gasteiger charge is -2.32. The highest BCUT2D eigenvalue weighted by Gasteiger charge is 2.52. The molecule has 20 heavy (non-hydrogen) atoms. The minimum Gasteiger partial charge on any atom is -0.398 e. The molecule has 1 N–H and O–H groups in total. The quantitative estimate of drug-likeness (QED) is 0.850. The van der Waals surface area contributed by atoms with Gasteiger partial charge in [0.25, 0.3) is 0 Å². The number of rotatable bonds is 2. The molecule has 3 nitrogen and oxygen atoms in total. The van der Waals surface area contributed by atoms with Crippen molar-refractivity contribution in [1.82, 2.24) is 4.98 Å². The lowest BCUT2D eigenvalue weighted by atomic mass is 9.85. The lowest BCUT2D eigenvalue weighted by molar-refractivity contribution is 0.00578. The van der Waals surface area contributed by atoms with Crippen LogP contribution in [-0.4, -0.2) is 23.3 Å². The summed E-state index contributed by atoms with van der Waals surface area (Å²) in [6, 6.07) is 14.3. The van der Waals surface area contributed by atoms with Crippen LogP contribution in [0.1, 0.15) is 27.7 Å². The highest BCUT2D eigenvalue weighted by molar-refractivity contribution is 6.61. The van der Waals surface area contributed by atoms with E-state index in [1.807, 2.05) is 24.3 Å². The number of H-pyrrole nitrogens is 1. The fourth-order valence-corrected chi connectivity index (χ4v) is 2.31. The molecule has 3 rings (SSSR count). The van der Waals surface area contributed by atoms with E-state index >= 15 is 0 Å². The Morgan fingerprint density at radius 3 is 2.05 bits per heavy atom. The maximum atomic E-state index is 6.05. The van der Waals surface area contributed by atoms with Gasteiger partial charge >= 0.3 is 7.12 Å². The van der Waals surface area contributed by atoms with Crippen LogP contribution in [0.5, 0.6) is 0 Å². The summed E-state index contributed by atoms with van der Waals surface area (Å²) < 4.78 is 12.1. The van der Waals surface area contributed by atoms with Crippen LogP contribution in [0.3, 0.4) is 0 Å². The summed E-state index contributed by atoms with van der Waals surface area (Å²) in [7, 11) is -0.336. The summed E-state index contributed by atoms with van der Waals surface area (Å²) in [4.78, 5) is 3.40. The second-order valence-electron chi connectivity index (χ2n) is 6.28. The smallest absolute Gasteiger partial charge is 0.398 e. The molecule has 1 aromatic carbocycles. The minimum atomic E-state index is -0.336. The van der Waals surface area contributed by atoms with Gasteiger partial charge in [0.15, 0.2) is 0 Å². The molecule has 104 valence electrons. The van der Waals surface area contributed by atoms with Gasteiger partial charge in [0, 0.05) is 11.3 Å². The second kappa shape index (κ2) is 4.50. The van der Waals surface area contributed by atoms with Crippen LogP contribution in [0.4, 0.5) is 0 Å². The molecule has 1 aliphatic heterocycles. The van der Waals surface area contributed by atoms with E-state index in [0.717, 1.165) is 16.9 Å². The summed E-state index contributed by atoms with van der Waals surface area (Å²) in [5.74, 6) is 0. The molecule has 4 heteroatoms. The van der Waals surface area contributed by atoms with E-state index in [0.29, 0.717) is 0 Å². The molecule has 1 aromatic heterocycles. The van der Waals surface area contributed by atoms with Gasteiger partial charge in [0.05, 0.1) is 11.2 Å². The van der Waals surface area contributed by atoms with Crippen LogP contribution in [-0.2, 0) is 9.31 Å². The van der Waals surface area contributed by atoms with Crippen molar-refractivity contribution in [3.8, 4) is 11.3 Å². The van der Waals surface area contributed by atoms with E-state index in [2.05, 4.69) is 50.9 Å². The SMILES string of the molecule is CC1(C)OB(c2ccc(-c3ccccc3)[nH]2)OC1(C)C. The molecule has 0 amide bonds. The third-order valence-corrected chi connectivity index (χ3v) is 4.30. The summed E-state index contributed by atoms with van der Waals surface area (Å²) in [6.45, 7) is 8.25. The van der Waals surface area contributed by atoms with Gasteiger partial charge in [-0.1, -0.05) is 30.3 Å². The van der Waals surface area contributed by atoms with Gasteiger partial charge in [-0.3, -0.25) is 0 Å². The average Bonchev–Trinajstić information content (AvgIpc) is 2.94. The number of hydrogen-bond acceptors (Lipinski definition) is 2. The van der Waals surface area contributed by atoms with Gasteiger partial charge in [-0.15, -0.1) is 0 Å². The monoisotopic (exact) mass is 269 g/mol. The Kier molecular flexibility index (Phi) is 3.03. The Balaban J connectivity index is 1.86. The second-order valence-corrected chi connectivity index (χ2v) is 6.28. The maximum absolute atomic E-state index is 6.05.